The van der Waals surface area contributed by atoms with E-state index in [0.29, 0.717) is 17.1 Å². The second kappa shape index (κ2) is 9.53. The van der Waals surface area contributed by atoms with Gasteiger partial charge < -0.3 is 10.6 Å². The molecule has 6 nitrogen and oxygen atoms in total. The zero-order chi connectivity index (χ0) is 22.7. The predicted octanol–water partition coefficient (Wildman–Crippen LogP) is 5.03. The van der Waals surface area contributed by atoms with Crippen LogP contribution in [0.2, 0.25) is 5.15 Å². The molecule has 1 saturated carbocycles. The number of amides is 2. The number of aryl methyl sites for hydroxylation is 1. The van der Waals surface area contributed by atoms with Crippen LogP contribution in [0.25, 0.3) is 5.69 Å². The van der Waals surface area contributed by atoms with E-state index in [2.05, 4.69) is 15.7 Å². The minimum Gasteiger partial charge on any atom is -0.348 e. The highest BCUT2D eigenvalue weighted by molar-refractivity contribution is 6.33. The number of hydrogen-bond donors (Lipinski definition) is 2. The van der Waals surface area contributed by atoms with E-state index in [9.17, 15) is 14.0 Å². The first-order chi connectivity index (χ1) is 15.4. The summed E-state index contributed by atoms with van der Waals surface area (Å²) in [7, 11) is 0. The van der Waals surface area contributed by atoms with E-state index in [4.69, 9.17) is 11.6 Å². The average molecular weight is 455 g/mol. The van der Waals surface area contributed by atoms with Crippen LogP contribution in [0, 0.1) is 18.7 Å². The van der Waals surface area contributed by atoms with Crippen LogP contribution in [-0.4, -0.2) is 21.6 Å². The van der Waals surface area contributed by atoms with Gasteiger partial charge in [-0.05, 0) is 61.7 Å². The van der Waals surface area contributed by atoms with E-state index in [0.717, 1.165) is 31.2 Å². The highest BCUT2D eigenvalue weighted by atomic mass is 35.5. The molecule has 0 aliphatic heterocycles. The molecule has 0 unspecified atom stereocenters. The molecule has 2 amide bonds. The maximum absolute atomic E-state index is 13.2. The van der Waals surface area contributed by atoms with E-state index in [1.54, 1.807) is 19.1 Å². The van der Waals surface area contributed by atoms with Gasteiger partial charge in [0, 0.05) is 18.2 Å². The number of nitrogens with zero attached hydrogens (tertiary/aromatic N) is 2. The second-order valence-corrected chi connectivity index (χ2v) is 8.35. The zero-order valence-corrected chi connectivity index (χ0v) is 18.5. The molecule has 4 rings (SSSR count). The molecule has 0 bridgehead atoms. The number of halogens is 2. The quantitative estimate of drug-likeness (QED) is 0.548. The number of carbonyl (C=O) groups is 2. The topological polar surface area (TPSA) is 76.0 Å². The second-order valence-electron chi connectivity index (χ2n) is 7.99. The van der Waals surface area contributed by atoms with Gasteiger partial charge in [-0.25, -0.2) is 9.07 Å². The monoisotopic (exact) mass is 454 g/mol. The third-order valence-corrected chi connectivity index (χ3v) is 6.02. The lowest BCUT2D eigenvalue weighted by atomic mass is 10.1. The normalized spacial score (nSPS) is 13.8. The fraction of sp³-hybridized carbons (Fsp3) is 0.292. The van der Waals surface area contributed by atoms with Crippen molar-refractivity contribution in [1.29, 1.82) is 0 Å². The average Bonchev–Trinajstić information content (AvgIpc) is 3.41. The molecule has 0 saturated heterocycles. The van der Waals surface area contributed by atoms with Crippen molar-refractivity contribution < 1.29 is 14.0 Å². The van der Waals surface area contributed by atoms with Crippen LogP contribution in [0.1, 0.15) is 47.3 Å². The Morgan fingerprint density at radius 1 is 1.16 bits per heavy atom. The molecule has 32 heavy (non-hydrogen) atoms. The van der Waals surface area contributed by atoms with Crippen molar-refractivity contribution in [1.82, 2.24) is 15.1 Å². The molecule has 3 aromatic rings. The lowest BCUT2D eigenvalue weighted by molar-refractivity contribution is -0.119. The van der Waals surface area contributed by atoms with Crippen LogP contribution in [0.3, 0.4) is 0 Å². The molecule has 0 spiro atoms. The largest absolute Gasteiger partial charge is 0.348 e. The van der Waals surface area contributed by atoms with Crippen LogP contribution < -0.4 is 10.6 Å². The standard InChI is InChI=1S/C24H24ClFN4O2/c1-15-21(22(25)30(29-15)20-11-9-18(26)10-12-20)24(32)27-14-16-5-4-8-19(13-16)28-23(31)17-6-2-3-7-17/h4-5,8-13,17H,2-3,6-7,14H2,1H3,(H,27,32)(H,28,31). The van der Waals surface area contributed by atoms with Crippen LogP contribution in [0.4, 0.5) is 10.1 Å². The lowest BCUT2D eigenvalue weighted by Crippen LogP contribution is -2.24. The first-order valence-electron chi connectivity index (χ1n) is 10.6. The van der Waals surface area contributed by atoms with Crippen molar-refractivity contribution in [3.8, 4) is 5.69 Å². The summed E-state index contributed by atoms with van der Waals surface area (Å²) in [6, 6.07) is 13.1. The van der Waals surface area contributed by atoms with Gasteiger partial charge in [-0.1, -0.05) is 36.6 Å². The first kappa shape index (κ1) is 22.0. The van der Waals surface area contributed by atoms with Gasteiger partial charge in [0.05, 0.1) is 16.9 Å². The van der Waals surface area contributed by atoms with Crippen molar-refractivity contribution in [3.05, 3.63) is 76.3 Å². The predicted molar refractivity (Wildman–Crippen MR) is 121 cm³/mol. The van der Waals surface area contributed by atoms with Gasteiger partial charge in [-0.2, -0.15) is 5.10 Å². The first-order valence-corrected chi connectivity index (χ1v) is 11.0. The van der Waals surface area contributed by atoms with Crippen LogP contribution in [0.15, 0.2) is 48.5 Å². The van der Waals surface area contributed by atoms with Crippen LogP contribution in [0.5, 0.6) is 0 Å². The Labute approximate surface area is 190 Å². The molecule has 1 aromatic heterocycles. The highest BCUT2D eigenvalue weighted by Gasteiger charge is 2.23. The molecule has 1 heterocycles. The smallest absolute Gasteiger partial charge is 0.256 e. The third-order valence-electron chi connectivity index (χ3n) is 5.68. The molecular formula is C24H24ClFN4O2. The summed E-state index contributed by atoms with van der Waals surface area (Å²) in [5.41, 5.74) is 2.86. The lowest BCUT2D eigenvalue weighted by Gasteiger charge is -2.12. The summed E-state index contributed by atoms with van der Waals surface area (Å²) in [5, 5.41) is 10.3. The molecule has 2 N–H and O–H groups in total. The van der Waals surface area contributed by atoms with E-state index in [1.165, 1.54) is 16.8 Å². The Bertz CT molecular complexity index is 1140. The summed E-state index contributed by atoms with van der Waals surface area (Å²) in [5.74, 6) is -0.588. The third kappa shape index (κ3) is 4.83. The molecule has 2 aromatic carbocycles. The Balaban J connectivity index is 1.43. The fourth-order valence-corrected chi connectivity index (χ4v) is 4.33. The molecule has 0 atom stereocenters. The highest BCUT2D eigenvalue weighted by Crippen LogP contribution is 2.26. The number of carbonyl (C=O) groups excluding carboxylic acids is 2. The van der Waals surface area contributed by atoms with Crippen molar-refractivity contribution in [2.45, 2.75) is 39.2 Å². The van der Waals surface area contributed by atoms with Crippen molar-refractivity contribution >= 4 is 29.1 Å². The van der Waals surface area contributed by atoms with E-state index >= 15 is 0 Å². The maximum atomic E-state index is 13.2. The molecule has 1 aliphatic rings. The van der Waals surface area contributed by atoms with Gasteiger partial charge in [0.1, 0.15) is 11.0 Å². The number of nitrogens with one attached hydrogen (secondary N) is 2. The van der Waals surface area contributed by atoms with Crippen molar-refractivity contribution in [2.75, 3.05) is 5.32 Å². The minimum atomic E-state index is -0.367. The molecule has 1 aliphatic carbocycles. The summed E-state index contributed by atoms with van der Waals surface area (Å²) in [6.45, 7) is 1.96. The summed E-state index contributed by atoms with van der Waals surface area (Å²) in [6.07, 6.45) is 4.08. The van der Waals surface area contributed by atoms with E-state index < -0.39 is 0 Å². The van der Waals surface area contributed by atoms with E-state index in [-0.39, 0.29) is 40.8 Å². The minimum absolute atomic E-state index is 0.0549. The van der Waals surface area contributed by atoms with Crippen LogP contribution in [-0.2, 0) is 11.3 Å². The van der Waals surface area contributed by atoms with Crippen molar-refractivity contribution in [2.24, 2.45) is 5.92 Å². The number of aromatic nitrogens is 2. The van der Waals surface area contributed by atoms with Crippen LogP contribution >= 0.6 is 11.6 Å². The summed E-state index contributed by atoms with van der Waals surface area (Å²) < 4.78 is 14.6. The summed E-state index contributed by atoms with van der Waals surface area (Å²) in [4.78, 5) is 25.2. The zero-order valence-electron chi connectivity index (χ0n) is 17.7. The van der Waals surface area contributed by atoms with Gasteiger partial charge in [0.25, 0.3) is 5.91 Å². The molecule has 0 radical (unpaired) electrons. The maximum Gasteiger partial charge on any atom is 0.256 e. The number of benzene rings is 2. The van der Waals surface area contributed by atoms with Gasteiger partial charge in [-0.15, -0.1) is 0 Å². The molecule has 8 heteroatoms. The van der Waals surface area contributed by atoms with E-state index in [1.807, 2.05) is 24.3 Å². The number of hydrogen-bond acceptors (Lipinski definition) is 3. The van der Waals surface area contributed by atoms with Gasteiger partial charge in [-0.3, -0.25) is 9.59 Å². The molecule has 1 fully saturated rings. The number of anilines is 1. The Morgan fingerprint density at radius 3 is 2.59 bits per heavy atom. The van der Waals surface area contributed by atoms with Gasteiger partial charge in [0.15, 0.2) is 0 Å². The molecular weight excluding hydrogens is 431 g/mol. The van der Waals surface area contributed by atoms with Crippen molar-refractivity contribution in [3.63, 3.8) is 0 Å². The Morgan fingerprint density at radius 2 is 1.88 bits per heavy atom. The Kier molecular flexibility index (Phi) is 6.55. The Hall–Kier alpha value is -3.19. The number of rotatable bonds is 6. The molecule has 166 valence electrons. The fourth-order valence-electron chi connectivity index (χ4n) is 3.97. The van der Waals surface area contributed by atoms with Gasteiger partial charge >= 0.3 is 0 Å². The van der Waals surface area contributed by atoms with Gasteiger partial charge in [0.2, 0.25) is 5.91 Å². The summed E-state index contributed by atoms with van der Waals surface area (Å²) >= 11 is 6.42. The SMILES string of the molecule is Cc1nn(-c2ccc(F)cc2)c(Cl)c1C(=O)NCc1cccc(NC(=O)C2CCCC2)c1.